The van der Waals surface area contributed by atoms with Crippen LogP contribution in [0.5, 0.6) is 5.75 Å². The Balaban J connectivity index is 1.99. The summed E-state index contributed by atoms with van der Waals surface area (Å²) < 4.78 is 0.887. The number of fused-ring (bicyclic) bond motifs is 1. The molecule has 0 radical (unpaired) electrons. The van der Waals surface area contributed by atoms with Gasteiger partial charge in [0.25, 0.3) is 5.69 Å². The summed E-state index contributed by atoms with van der Waals surface area (Å²) in [4.78, 5) is 12.2. The molecular formula is C13H12N3O2+. The number of benzene rings is 2. The molecule has 1 atom stereocenters. The normalized spacial score (nSPS) is 17.3. The Morgan fingerprint density at radius 1 is 1.17 bits per heavy atom. The van der Waals surface area contributed by atoms with E-state index >= 15 is 0 Å². The third-order valence-electron chi connectivity index (χ3n) is 2.99. The number of nitrogens with one attached hydrogen (secondary N) is 1. The second kappa shape index (κ2) is 3.73. The van der Waals surface area contributed by atoms with Crippen molar-refractivity contribution in [3.8, 4) is 5.75 Å². The second-order valence-corrected chi connectivity index (χ2v) is 4.24. The highest BCUT2D eigenvalue weighted by molar-refractivity contribution is 5.69. The Morgan fingerprint density at radius 3 is 2.61 bits per heavy atom. The maximum Gasteiger partial charge on any atom is 0.307 e. The molecule has 1 heterocycles. The molecule has 2 aromatic carbocycles. The zero-order chi connectivity index (χ0) is 12.7. The topological polar surface area (TPSA) is 78.4 Å². The summed E-state index contributed by atoms with van der Waals surface area (Å²) in [5.41, 5.74) is 8.31. The van der Waals surface area contributed by atoms with Crippen LogP contribution in [0.25, 0.3) is 0 Å². The number of phenols is 1. The molecule has 0 amide bonds. The Labute approximate surface area is 103 Å². The minimum atomic E-state index is -0.484. The molecule has 0 saturated carbocycles. The van der Waals surface area contributed by atoms with Gasteiger partial charge in [-0.25, -0.2) is 0 Å². The van der Waals surface area contributed by atoms with Gasteiger partial charge in [-0.1, -0.05) is 0 Å². The van der Waals surface area contributed by atoms with Gasteiger partial charge in [0.15, 0.2) is 0 Å². The van der Waals surface area contributed by atoms with Crippen molar-refractivity contribution in [2.24, 2.45) is 0 Å². The van der Waals surface area contributed by atoms with Crippen LogP contribution in [-0.2, 0) is 0 Å². The van der Waals surface area contributed by atoms with Gasteiger partial charge in [0.2, 0.25) is 0 Å². The zero-order valence-corrected chi connectivity index (χ0v) is 9.50. The number of hydrogen-bond donors (Lipinski definition) is 3. The number of rotatable bonds is 1. The molecule has 5 heteroatoms. The van der Waals surface area contributed by atoms with E-state index in [0.717, 1.165) is 16.0 Å². The number of nitrogens with two attached hydrogens (primary N) is 1. The maximum atomic E-state index is 12.2. The number of hydrogen-bond acceptors (Lipinski definition) is 4. The average molecular weight is 242 g/mol. The van der Waals surface area contributed by atoms with Gasteiger partial charge in [-0.3, -0.25) is 0 Å². The van der Waals surface area contributed by atoms with Gasteiger partial charge in [0, 0.05) is 22.2 Å². The Hall–Kier alpha value is -2.56. The first-order valence-corrected chi connectivity index (χ1v) is 5.56. The summed E-state index contributed by atoms with van der Waals surface area (Å²) in [6, 6.07) is 11.7. The lowest BCUT2D eigenvalue weighted by atomic mass is 10.2. The SMILES string of the molecule is Nc1ccc2c(c1)[N+](=O)C(c1ccc(O)cc1)N2. The highest BCUT2D eigenvalue weighted by atomic mass is 16.3. The van der Waals surface area contributed by atoms with Crippen LogP contribution in [0.4, 0.5) is 17.1 Å². The van der Waals surface area contributed by atoms with E-state index in [9.17, 15) is 10.0 Å². The average Bonchev–Trinajstić information content (AvgIpc) is 2.68. The van der Waals surface area contributed by atoms with Crippen molar-refractivity contribution in [3.05, 3.63) is 52.9 Å². The summed E-state index contributed by atoms with van der Waals surface area (Å²) in [6.45, 7) is 0. The summed E-state index contributed by atoms with van der Waals surface area (Å²) >= 11 is 0. The van der Waals surface area contributed by atoms with Crippen molar-refractivity contribution >= 4 is 17.1 Å². The molecule has 1 aliphatic heterocycles. The lowest BCUT2D eigenvalue weighted by Gasteiger charge is -2.03. The number of aromatic hydroxyl groups is 1. The molecule has 0 aromatic heterocycles. The highest BCUT2D eigenvalue weighted by Gasteiger charge is 2.39. The first-order valence-electron chi connectivity index (χ1n) is 5.56. The largest absolute Gasteiger partial charge is 0.508 e. The van der Waals surface area contributed by atoms with Gasteiger partial charge < -0.3 is 16.2 Å². The quantitative estimate of drug-likeness (QED) is 0.530. The van der Waals surface area contributed by atoms with Gasteiger partial charge >= 0.3 is 6.17 Å². The molecule has 0 saturated heterocycles. The van der Waals surface area contributed by atoms with Crippen molar-refractivity contribution in [2.75, 3.05) is 11.1 Å². The highest BCUT2D eigenvalue weighted by Crippen LogP contribution is 2.40. The molecule has 90 valence electrons. The van der Waals surface area contributed by atoms with E-state index in [2.05, 4.69) is 5.32 Å². The van der Waals surface area contributed by atoms with Crippen LogP contribution in [0.3, 0.4) is 0 Å². The van der Waals surface area contributed by atoms with Crippen LogP contribution in [0, 0.1) is 4.91 Å². The first-order chi connectivity index (χ1) is 8.65. The number of nitrogens with zero attached hydrogens (tertiary/aromatic N) is 1. The summed E-state index contributed by atoms with van der Waals surface area (Å²) in [7, 11) is 0. The Morgan fingerprint density at radius 2 is 1.89 bits per heavy atom. The molecule has 5 nitrogen and oxygen atoms in total. The van der Waals surface area contributed by atoms with Crippen molar-refractivity contribution in [2.45, 2.75) is 6.17 Å². The summed E-state index contributed by atoms with van der Waals surface area (Å²) in [6.07, 6.45) is -0.484. The molecule has 3 rings (SSSR count). The fourth-order valence-corrected chi connectivity index (χ4v) is 2.07. The molecule has 0 spiro atoms. The number of anilines is 2. The minimum Gasteiger partial charge on any atom is -0.508 e. The van der Waals surface area contributed by atoms with Crippen LogP contribution in [-0.4, -0.2) is 9.87 Å². The molecule has 0 aliphatic carbocycles. The van der Waals surface area contributed by atoms with Gasteiger partial charge in [-0.15, -0.1) is 0 Å². The van der Waals surface area contributed by atoms with Crippen LogP contribution in [0.2, 0.25) is 0 Å². The van der Waals surface area contributed by atoms with Crippen molar-refractivity contribution in [1.82, 2.24) is 0 Å². The zero-order valence-electron chi connectivity index (χ0n) is 9.50. The third-order valence-corrected chi connectivity index (χ3v) is 2.99. The van der Waals surface area contributed by atoms with Gasteiger partial charge in [-0.05, 0) is 36.4 Å². The Bertz CT molecular complexity index is 623. The fourth-order valence-electron chi connectivity index (χ4n) is 2.07. The monoisotopic (exact) mass is 242 g/mol. The molecule has 4 N–H and O–H groups in total. The number of nitrogen functional groups attached to an aromatic ring is 1. The van der Waals surface area contributed by atoms with Crippen LogP contribution in [0.1, 0.15) is 11.7 Å². The Kier molecular flexibility index (Phi) is 2.19. The fraction of sp³-hybridized carbons (Fsp3) is 0.0769. The third kappa shape index (κ3) is 1.57. The predicted molar refractivity (Wildman–Crippen MR) is 68.6 cm³/mol. The van der Waals surface area contributed by atoms with E-state index < -0.39 is 6.17 Å². The van der Waals surface area contributed by atoms with Crippen LogP contribution >= 0.6 is 0 Å². The molecule has 2 aromatic rings. The van der Waals surface area contributed by atoms with Crippen molar-refractivity contribution in [1.29, 1.82) is 0 Å². The van der Waals surface area contributed by atoms with E-state index in [1.807, 2.05) is 0 Å². The van der Waals surface area contributed by atoms with Crippen molar-refractivity contribution in [3.63, 3.8) is 0 Å². The molecular weight excluding hydrogens is 230 g/mol. The van der Waals surface area contributed by atoms with Crippen LogP contribution in [0.15, 0.2) is 42.5 Å². The predicted octanol–water partition coefficient (Wildman–Crippen LogP) is 2.51. The van der Waals surface area contributed by atoms with E-state index in [1.54, 1.807) is 42.5 Å². The van der Waals surface area contributed by atoms with Gasteiger partial charge in [0.1, 0.15) is 11.4 Å². The lowest BCUT2D eigenvalue weighted by Crippen LogP contribution is -2.12. The van der Waals surface area contributed by atoms with E-state index in [1.165, 1.54) is 0 Å². The lowest BCUT2D eigenvalue weighted by molar-refractivity contribution is -0.495. The van der Waals surface area contributed by atoms with Gasteiger partial charge in [0.05, 0.1) is 4.76 Å². The number of phenolic OH excluding ortho intramolecular Hbond substituents is 1. The van der Waals surface area contributed by atoms with Crippen molar-refractivity contribution < 1.29 is 9.87 Å². The molecule has 0 fully saturated rings. The second-order valence-electron chi connectivity index (χ2n) is 4.24. The summed E-state index contributed by atoms with van der Waals surface area (Å²) in [5.74, 6) is 0.177. The molecule has 1 unspecified atom stereocenters. The standard InChI is InChI=1S/C13H11N3O2/c14-9-3-6-11-12(7-9)16(18)13(15-11)8-1-4-10(17)5-2-8/h1-7,13H,14H2,(H-,15,17,18)/p+1. The van der Waals surface area contributed by atoms with Crippen LogP contribution < -0.4 is 11.1 Å². The summed E-state index contributed by atoms with van der Waals surface area (Å²) in [5, 5.41) is 12.4. The number of nitroso groups, excluding NO2 is 1. The van der Waals surface area contributed by atoms with Gasteiger partial charge in [-0.2, -0.15) is 0 Å². The molecule has 1 aliphatic rings. The first kappa shape index (κ1) is 10.6. The van der Waals surface area contributed by atoms with E-state index in [-0.39, 0.29) is 5.75 Å². The maximum absolute atomic E-state index is 12.2. The van der Waals surface area contributed by atoms with E-state index in [0.29, 0.717) is 11.4 Å². The molecule has 18 heavy (non-hydrogen) atoms. The smallest absolute Gasteiger partial charge is 0.307 e. The minimum absolute atomic E-state index is 0.177. The van der Waals surface area contributed by atoms with E-state index in [4.69, 9.17) is 5.73 Å². The molecule has 0 bridgehead atoms.